The Morgan fingerprint density at radius 3 is 2.55 bits per heavy atom. The van der Waals surface area contributed by atoms with Crippen LogP contribution in [0.4, 0.5) is 0 Å². The summed E-state index contributed by atoms with van der Waals surface area (Å²) in [5.41, 5.74) is 2.39. The van der Waals surface area contributed by atoms with Gasteiger partial charge >= 0.3 is 6.01 Å². The van der Waals surface area contributed by atoms with Crippen LogP contribution in [0.25, 0.3) is 16.9 Å². The van der Waals surface area contributed by atoms with Crippen molar-refractivity contribution in [1.82, 2.24) is 24.6 Å². The van der Waals surface area contributed by atoms with E-state index in [0.29, 0.717) is 11.8 Å². The lowest BCUT2D eigenvalue weighted by atomic mass is 10.2. The van der Waals surface area contributed by atoms with Gasteiger partial charge in [0.1, 0.15) is 5.75 Å². The fourth-order valence-electron chi connectivity index (χ4n) is 2.07. The third-order valence-corrected chi connectivity index (χ3v) is 3.13. The van der Waals surface area contributed by atoms with Crippen molar-refractivity contribution in [1.29, 1.82) is 0 Å². The Balaban J connectivity index is 1.61. The number of hydrogen-bond acceptors (Lipinski definition) is 5. The Morgan fingerprint density at radius 2 is 1.73 bits per heavy atom. The van der Waals surface area contributed by atoms with Gasteiger partial charge in [0.05, 0.1) is 11.9 Å². The standard InChI is InChI=1S/C16H11N5O/c1-2-4-13(5-3-1)22-16-17-10-12(11-18-16)14-7-9-21-15(20-14)6-8-19-21/h1-11H. The first-order valence-electron chi connectivity index (χ1n) is 6.74. The number of rotatable bonds is 3. The first-order chi connectivity index (χ1) is 10.9. The molecular formula is C16H11N5O. The maximum atomic E-state index is 5.57. The van der Waals surface area contributed by atoms with Crippen molar-refractivity contribution >= 4 is 5.65 Å². The first kappa shape index (κ1) is 12.5. The summed E-state index contributed by atoms with van der Waals surface area (Å²) < 4.78 is 7.28. The second kappa shape index (κ2) is 5.25. The molecule has 3 heterocycles. The predicted octanol–water partition coefficient (Wildman–Crippen LogP) is 2.98. The summed E-state index contributed by atoms with van der Waals surface area (Å²) in [5, 5.41) is 4.12. The third-order valence-electron chi connectivity index (χ3n) is 3.13. The van der Waals surface area contributed by atoms with E-state index in [2.05, 4.69) is 20.1 Å². The van der Waals surface area contributed by atoms with Crippen LogP contribution < -0.4 is 4.74 Å². The number of fused-ring (bicyclic) bond motifs is 1. The SMILES string of the molecule is c1ccc(Oc2ncc(-c3ccn4nccc4n3)cn2)cc1. The minimum atomic E-state index is 0.306. The van der Waals surface area contributed by atoms with Gasteiger partial charge < -0.3 is 4.74 Å². The van der Waals surface area contributed by atoms with E-state index in [1.807, 2.05) is 48.7 Å². The van der Waals surface area contributed by atoms with Crippen molar-refractivity contribution in [2.75, 3.05) is 0 Å². The Hall–Kier alpha value is -3.28. The molecule has 3 aromatic heterocycles. The Morgan fingerprint density at radius 1 is 0.909 bits per heavy atom. The van der Waals surface area contributed by atoms with Gasteiger partial charge in [0.25, 0.3) is 0 Å². The molecule has 0 aliphatic carbocycles. The lowest BCUT2D eigenvalue weighted by Gasteiger charge is -2.04. The molecule has 4 aromatic rings. The van der Waals surface area contributed by atoms with Crippen LogP contribution in [0, 0.1) is 0 Å². The van der Waals surface area contributed by atoms with Crippen LogP contribution in [0.15, 0.2) is 67.3 Å². The minimum absolute atomic E-state index is 0.306. The summed E-state index contributed by atoms with van der Waals surface area (Å²) in [6.07, 6.45) is 6.95. The average Bonchev–Trinajstić information content (AvgIpc) is 3.04. The van der Waals surface area contributed by atoms with Crippen LogP contribution in [0.5, 0.6) is 11.8 Å². The zero-order valence-corrected chi connectivity index (χ0v) is 11.5. The first-order valence-corrected chi connectivity index (χ1v) is 6.74. The zero-order valence-electron chi connectivity index (χ0n) is 11.5. The van der Waals surface area contributed by atoms with Crippen LogP contribution in [0.2, 0.25) is 0 Å². The van der Waals surface area contributed by atoms with Gasteiger partial charge in [0, 0.05) is 30.2 Å². The molecule has 0 aliphatic rings. The molecule has 22 heavy (non-hydrogen) atoms. The molecule has 0 N–H and O–H groups in total. The fourth-order valence-corrected chi connectivity index (χ4v) is 2.07. The van der Waals surface area contributed by atoms with Gasteiger partial charge in [-0.2, -0.15) is 5.10 Å². The highest BCUT2D eigenvalue weighted by molar-refractivity contribution is 5.59. The maximum Gasteiger partial charge on any atom is 0.321 e. The topological polar surface area (TPSA) is 65.2 Å². The van der Waals surface area contributed by atoms with Crippen molar-refractivity contribution < 1.29 is 4.74 Å². The number of para-hydroxylation sites is 1. The highest BCUT2D eigenvalue weighted by atomic mass is 16.5. The number of nitrogens with zero attached hydrogens (tertiary/aromatic N) is 5. The van der Waals surface area contributed by atoms with Crippen molar-refractivity contribution in [3.8, 4) is 23.0 Å². The van der Waals surface area contributed by atoms with E-state index >= 15 is 0 Å². The minimum Gasteiger partial charge on any atom is -0.424 e. The molecule has 0 saturated carbocycles. The number of ether oxygens (including phenoxy) is 1. The lowest BCUT2D eigenvalue weighted by molar-refractivity contribution is 0.442. The van der Waals surface area contributed by atoms with Crippen LogP contribution in [0.3, 0.4) is 0 Å². The third kappa shape index (κ3) is 2.37. The van der Waals surface area contributed by atoms with E-state index in [0.717, 1.165) is 16.9 Å². The van der Waals surface area contributed by atoms with Crippen molar-refractivity contribution in [2.24, 2.45) is 0 Å². The summed E-state index contributed by atoms with van der Waals surface area (Å²) in [4.78, 5) is 12.9. The number of hydrogen-bond donors (Lipinski definition) is 0. The van der Waals surface area contributed by atoms with Gasteiger partial charge in [-0.3, -0.25) is 0 Å². The van der Waals surface area contributed by atoms with Gasteiger partial charge in [-0.25, -0.2) is 19.5 Å². The molecule has 6 nitrogen and oxygen atoms in total. The normalized spacial score (nSPS) is 10.7. The summed E-state index contributed by atoms with van der Waals surface area (Å²) in [6, 6.07) is 13.4. The molecule has 106 valence electrons. The molecule has 0 unspecified atom stereocenters. The largest absolute Gasteiger partial charge is 0.424 e. The van der Waals surface area contributed by atoms with E-state index in [1.54, 1.807) is 23.1 Å². The van der Waals surface area contributed by atoms with E-state index in [4.69, 9.17) is 4.74 Å². The van der Waals surface area contributed by atoms with Gasteiger partial charge in [-0.05, 0) is 18.2 Å². The number of aromatic nitrogens is 5. The molecule has 0 atom stereocenters. The van der Waals surface area contributed by atoms with E-state index in [-0.39, 0.29) is 0 Å². The van der Waals surface area contributed by atoms with Gasteiger partial charge in [-0.1, -0.05) is 18.2 Å². The van der Waals surface area contributed by atoms with Crippen molar-refractivity contribution in [3.05, 3.63) is 67.3 Å². The smallest absolute Gasteiger partial charge is 0.321 e. The molecule has 0 aliphatic heterocycles. The zero-order chi connectivity index (χ0) is 14.8. The molecular weight excluding hydrogens is 278 g/mol. The van der Waals surface area contributed by atoms with E-state index in [1.165, 1.54) is 0 Å². The molecule has 4 rings (SSSR count). The molecule has 0 bridgehead atoms. The number of benzene rings is 1. The average molecular weight is 289 g/mol. The summed E-state index contributed by atoms with van der Waals surface area (Å²) >= 11 is 0. The molecule has 0 saturated heterocycles. The molecule has 0 fully saturated rings. The predicted molar refractivity (Wildman–Crippen MR) is 80.5 cm³/mol. The van der Waals surface area contributed by atoms with Crippen LogP contribution in [-0.2, 0) is 0 Å². The Kier molecular flexibility index (Phi) is 2.97. The Labute approximate surface area is 126 Å². The molecule has 0 spiro atoms. The van der Waals surface area contributed by atoms with Gasteiger partial charge in [0.15, 0.2) is 5.65 Å². The molecule has 1 aromatic carbocycles. The maximum absolute atomic E-state index is 5.57. The van der Waals surface area contributed by atoms with Crippen molar-refractivity contribution in [3.63, 3.8) is 0 Å². The van der Waals surface area contributed by atoms with E-state index < -0.39 is 0 Å². The van der Waals surface area contributed by atoms with Crippen LogP contribution >= 0.6 is 0 Å². The summed E-state index contributed by atoms with van der Waals surface area (Å²) in [5.74, 6) is 0.703. The summed E-state index contributed by atoms with van der Waals surface area (Å²) in [6.45, 7) is 0. The quantitative estimate of drug-likeness (QED) is 0.580. The fraction of sp³-hybridized carbons (Fsp3) is 0. The Bertz CT molecular complexity index is 903. The van der Waals surface area contributed by atoms with Gasteiger partial charge in [-0.15, -0.1) is 0 Å². The second-order valence-electron chi connectivity index (χ2n) is 4.62. The molecule has 6 heteroatoms. The monoisotopic (exact) mass is 289 g/mol. The van der Waals surface area contributed by atoms with E-state index in [9.17, 15) is 0 Å². The lowest BCUT2D eigenvalue weighted by Crippen LogP contribution is -1.94. The second-order valence-corrected chi connectivity index (χ2v) is 4.62. The molecule has 0 radical (unpaired) electrons. The highest BCUT2D eigenvalue weighted by Crippen LogP contribution is 2.20. The van der Waals surface area contributed by atoms with Crippen molar-refractivity contribution in [2.45, 2.75) is 0 Å². The van der Waals surface area contributed by atoms with Crippen LogP contribution in [0.1, 0.15) is 0 Å². The van der Waals surface area contributed by atoms with Gasteiger partial charge in [0.2, 0.25) is 0 Å². The molecule has 0 amide bonds. The summed E-state index contributed by atoms with van der Waals surface area (Å²) in [7, 11) is 0. The van der Waals surface area contributed by atoms with Crippen LogP contribution in [-0.4, -0.2) is 24.6 Å². The highest BCUT2D eigenvalue weighted by Gasteiger charge is 2.05.